The van der Waals surface area contributed by atoms with Gasteiger partial charge in [0.15, 0.2) is 0 Å². The third-order valence-electron chi connectivity index (χ3n) is 1.59. The monoisotopic (exact) mass is 146 g/mol. The average Bonchev–Trinajstić information content (AvgIpc) is 2.07. The van der Waals surface area contributed by atoms with Gasteiger partial charge in [-0.25, -0.2) is 0 Å². The fourth-order valence-corrected chi connectivity index (χ4v) is 0.909. The minimum absolute atomic E-state index is 0.251. The molecule has 0 unspecified atom stereocenters. The third kappa shape index (κ3) is 2.05. The van der Waals surface area contributed by atoms with Crippen LogP contribution < -0.4 is 0 Å². The number of nitriles is 1. The van der Waals surface area contributed by atoms with Gasteiger partial charge in [0.05, 0.1) is 6.07 Å². The van der Waals surface area contributed by atoms with Crippen molar-refractivity contribution < 1.29 is 0 Å². The zero-order valence-electron chi connectivity index (χ0n) is 6.49. The van der Waals surface area contributed by atoms with E-state index in [-0.39, 0.29) is 5.92 Å². The number of rotatable bonds is 2. The van der Waals surface area contributed by atoms with Crippen molar-refractivity contribution in [2.24, 2.45) is 0 Å². The van der Waals surface area contributed by atoms with E-state index < -0.39 is 0 Å². The molecule has 0 amide bonds. The summed E-state index contributed by atoms with van der Waals surface area (Å²) < 4.78 is 0. The highest BCUT2D eigenvalue weighted by molar-refractivity contribution is 5.09. The zero-order chi connectivity index (χ0) is 8.10. The second-order valence-electron chi connectivity index (χ2n) is 2.52. The summed E-state index contributed by atoms with van der Waals surface area (Å²) >= 11 is 0. The van der Waals surface area contributed by atoms with Crippen LogP contribution in [0.4, 0.5) is 0 Å². The summed E-state index contributed by atoms with van der Waals surface area (Å²) in [6.45, 7) is 2.01. The van der Waals surface area contributed by atoms with E-state index >= 15 is 0 Å². The SMILES string of the molecule is C[C@@H](CC#N)c1ccccn1. The molecule has 0 aliphatic carbocycles. The highest BCUT2D eigenvalue weighted by atomic mass is 14.7. The van der Waals surface area contributed by atoms with Crippen molar-refractivity contribution in [1.29, 1.82) is 5.26 Å². The maximum absolute atomic E-state index is 8.42. The van der Waals surface area contributed by atoms with E-state index in [4.69, 9.17) is 5.26 Å². The summed E-state index contributed by atoms with van der Waals surface area (Å²) in [5.41, 5.74) is 0.994. The van der Waals surface area contributed by atoms with E-state index in [0.717, 1.165) is 5.69 Å². The van der Waals surface area contributed by atoms with E-state index in [0.29, 0.717) is 6.42 Å². The molecule has 0 aromatic carbocycles. The molecule has 0 radical (unpaired) electrons. The van der Waals surface area contributed by atoms with Gasteiger partial charge in [0.25, 0.3) is 0 Å². The maximum Gasteiger partial charge on any atom is 0.0628 e. The maximum atomic E-state index is 8.42. The molecule has 0 fully saturated rings. The molecule has 1 rings (SSSR count). The van der Waals surface area contributed by atoms with Crippen molar-refractivity contribution in [2.75, 3.05) is 0 Å². The normalized spacial score (nSPS) is 12.0. The average molecular weight is 146 g/mol. The van der Waals surface area contributed by atoms with Gasteiger partial charge in [0.1, 0.15) is 0 Å². The fourth-order valence-electron chi connectivity index (χ4n) is 0.909. The molecule has 0 N–H and O–H groups in total. The Morgan fingerprint density at radius 1 is 1.64 bits per heavy atom. The molecular formula is C9H10N2. The Morgan fingerprint density at radius 2 is 2.45 bits per heavy atom. The molecule has 56 valence electrons. The molecule has 2 heteroatoms. The predicted molar refractivity (Wildman–Crippen MR) is 42.9 cm³/mol. The number of aromatic nitrogens is 1. The Morgan fingerprint density at radius 3 is 3.00 bits per heavy atom. The van der Waals surface area contributed by atoms with Gasteiger partial charge in [-0.2, -0.15) is 5.26 Å². The van der Waals surface area contributed by atoms with Crippen LogP contribution in [0.5, 0.6) is 0 Å². The first kappa shape index (κ1) is 7.74. The van der Waals surface area contributed by atoms with Crippen molar-refractivity contribution in [1.82, 2.24) is 4.98 Å². The van der Waals surface area contributed by atoms with Gasteiger partial charge in [-0.3, -0.25) is 4.98 Å². The number of nitrogens with zero attached hydrogens (tertiary/aromatic N) is 2. The summed E-state index contributed by atoms with van der Waals surface area (Å²) in [6, 6.07) is 7.89. The summed E-state index contributed by atoms with van der Waals surface area (Å²) in [4.78, 5) is 4.15. The lowest BCUT2D eigenvalue weighted by molar-refractivity contribution is 0.757. The summed E-state index contributed by atoms with van der Waals surface area (Å²) in [6.07, 6.45) is 2.29. The standard InChI is InChI=1S/C9H10N2/c1-8(5-6-10)9-4-2-3-7-11-9/h2-4,7-8H,5H2,1H3/t8-/m0/s1. The molecule has 11 heavy (non-hydrogen) atoms. The lowest BCUT2D eigenvalue weighted by Gasteiger charge is -2.03. The zero-order valence-corrected chi connectivity index (χ0v) is 6.49. The highest BCUT2D eigenvalue weighted by Crippen LogP contribution is 2.14. The van der Waals surface area contributed by atoms with Crippen LogP contribution in [0.3, 0.4) is 0 Å². The molecule has 2 nitrogen and oxygen atoms in total. The van der Waals surface area contributed by atoms with E-state index in [1.807, 2.05) is 25.1 Å². The van der Waals surface area contributed by atoms with Gasteiger partial charge in [-0.1, -0.05) is 13.0 Å². The summed E-state index contributed by atoms with van der Waals surface area (Å²) in [5, 5.41) is 8.42. The largest absolute Gasteiger partial charge is 0.261 e. The van der Waals surface area contributed by atoms with Crippen LogP contribution in [-0.2, 0) is 0 Å². The van der Waals surface area contributed by atoms with E-state index in [2.05, 4.69) is 11.1 Å². The Hall–Kier alpha value is -1.36. The van der Waals surface area contributed by atoms with Crippen molar-refractivity contribution in [3.8, 4) is 6.07 Å². The van der Waals surface area contributed by atoms with Crippen molar-refractivity contribution in [3.05, 3.63) is 30.1 Å². The number of hydrogen-bond donors (Lipinski definition) is 0. The minimum Gasteiger partial charge on any atom is -0.261 e. The number of pyridine rings is 1. The van der Waals surface area contributed by atoms with Crippen molar-refractivity contribution in [3.63, 3.8) is 0 Å². The quantitative estimate of drug-likeness (QED) is 0.640. The number of hydrogen-bond acceptors (Lipinski definition) is 2. The topological polar surface area (TPSA) is 36.7 Å². The van der Waals surface area contributed by atoms with Crippen LogP contribution in [0, 0.1) is 11.3 Å². The predicted octanol–water partition coefficient (Wildman–Crippen LogP) is 2.10. The van der Waals surface area contributed by atoms with E-state index in [9.17, 15) is 0 Å². The van der Waals surface area contributed by atoms with Crippen LogP contribution in [0.25, 0.3) is 0 Å². The van der Waals surface area contributed by atoms with Crippen LogP contribution >= 0.6 is 0 Å². The van der Waals surface area contributed by atoms with Crippen molar-refractivity contribution in [2.45, 2.75) is 19.3 Å². The highest BCUT2D eigenvalue weighted by Gasteiger charge is 2.03. The van der Waals surface area contributed by atoms with Crippen LogP contribution in [-0.4, -0.2) is 4.98 Å². The molecule has 0 saturated heterocycles. The Bertz CT molecular complexity index is 248. The van der Waals surface area contributed by atoms with E-state index in [1.54, 1.807) is 6.20 Å². The van der Waals surface area contributed by atoms with Gasteiger partial charge in [-0.05, 0) is 12.1 Å². The lowest BCUT2D eigenvalue weighted by atomic mass is 10.0. The Kier molecular flexibility index (Phi) is 2.62. The molecule has 0 aliphatic heterocycles. The Labute approximate surface area is 66.5 Å². The summed E-state index contributed by atoms with van der Waals surface area (Å²) in [5.74, 6) is 0.251. The molecule has 0 saturated carbocycles. The summed E-state index contributed by atoms with van der Waals surface area (Å²) in [7, 11) is 0. The van der Waals surface area contributed by atoms with Gasteiger partial charge < -0.3 is 0 Å². The molecule has 0 aliphatic rings. The molecule has 1 aromatic heterocycles. The van der Waals surface area contributed by atoms with Gasteiger partial charge in [-0.15, -0.1) is 0 Å². The first-order valence-corrected chi connectivity index (χ1v) is 3.62. The first-order valence-electron chi connectivity index (χ1n) is 3.62. The smallest absolute Gasteiger partial charge is 0.0628 e. The van der Waals surface area contributed by atoms with Gasteiger partial charge in [0, 0.05) is 24.2 Å². The fraction of sp³-hybridized carbons (Fsp3) is 0.333. The Balaban J connectivity index is 2.70. The first-order chi connectivity index (χ1) is 5.34. The van der Waals surface area contributed by atoms with Gasteiger partial charge in [0.2, 0.25) is 0 Å². The molecule has 1 atom stereocenters. The van der Waals surface area contributed by atoms with Crippen LogP contribution in [0.1, 0.15) is 25.0 Å². The second-order valence-corrected chi connectivity index (χ2v) is 2.52. The van der Waals surface area contributed by atoms with Gasteiger partial charge >= 0.3 is 0 Å². The third-order valence-corrected chi connectivity index (χ3v) is 1.59. The molecule has 1 aromatic rings. The van der Waals surface area contributed by atoms with Crippen LogP contribution in [0.2, 0.25) is 0 Å². The second kappa shape index (κ2) is 3.72. The van der Waals surface area contributed by atoms with Crippen molar-refractivity contribution >= 4 is 0 Å². The van der Waals surface area contributed by atoms with E-state index in [1.165, 1.54) is 0 Å². The molecule has 1 heterocycles. The van der Waals surface area contributed by atoms with Crippen LogP contribution in [0.15, 0.2) is 24.4 Å². The molecule has 0 bridgehead atoms. The lowest BCUT2D eigenvalue weighted by Crippen LogP contribution is -1.94. The minimum atomic E-state index is 0.251. The molecular weight excluding hydrogens is 136 g/mol. The molecule has 0 spiro atoms.